The van der Waals surface area contributed by atoms with Gasteiger partial charge >= 0.3 is 0 Å². The quantitative estimate of drug-likeness (QED) is 0.716. The molecule has 1 fully saturated rings. The number of sulfonamides is 1. The summed E-state index contributed by atoms with van der Waals surface area (Å²) in [5, 5.41) is 8.15. The third-order valence-corrected chi connectivity index (χ3v) is 6.01. The SMILES string of the molecule is Cc1nnc2c(N3CCC(NS(=O)(=O)c4ccc(F)c(F)c4)C3)nccn12. The molecule has 0 aliphatic carbocycles. The molecule has 1 unspecified atom stereocenters. The van der Waals surface area contributed by atoms with E-state index >= 15 is 0 Å². The van der Waals surface area contributed by atoms with E-state index in [1.54, 1.807) is 16.8 Å². The molecule has 27 heavy (non-hydrogen) atoms. The summed E-state index contributed by atoms with van der Waals surface area (Å²) in [4.78, 5) is 5.95. The van der Waals surface area contributed by atoms with Crippen LogP contribution in [0.1, 0.15) is 12.2 Å². The molecule has 3 heterocycles. The summed E-state index contributed by atoms with van der Waals surface area (Å²) in [7, 11) is -3.96. The van der Waals surface area contributed by atoms with E-state index in [4.69, 9.17) is 0 Å². The second-order valence-corrected chi connectivity index (χ2v) is 8.03. The molecule has 0 spiro atoms. The van der Waals surface area contributed by atoms with Gasteiger partial charge in [0.15, 0.2) is 17.5 Å². The molecule has 1 saturated heterocycles. The number of aryl methyl sites for hydroxylation is 1. The van der Waals surface area contributed by atoms with E-state index in [-0.39, 0.29) is 4.90 Å². The van der Waals surface area contributed by atoms with Crippen LogP contribution in [0.2, 0.25) is 0 Å². The molecule has 4 rings (SSSR count). The molecule has 1 aliphatic rings. The maximum Gasteiger partial charge on any atom is 0.240 e. The number of nitrogens with zero attached hydrogens (tertiary/aromatic N) is 5. The highest BCUT2D eigenvalue weighted by Crippen LogP contribution is 2.23. The lowest BCUT2D eigenvalue weighted by molar-refractivity contribution is 0.503. The summed E-state index contributed by atoms with van der Waals surface area (Å²) >= 11 is 0. The highest BCUT2D eigenvalue weighted by molar-refractivity contribution is 7.89. The lowest BCUT2D eigenvalue weighted by atomic mass is 10.3. The van der Waals surface area contributed by atoms with Crippen molar-refractivity contribution in [1.29, 1.82) is 0 Å². The van der Waals surface area contributed by atoms with Gasteiger partial charge < -0.3 is 4.90 Å². The van der Waals surface area contributed by atoms with Gasteiger partial charge in [-0.2, -0.15) is 0 Å². The van der Waals surface area contributed by atoms with E-state index in [2.05, 4.69) is 19.9 Å². The Morgan fingerprint density at radius 3 is 2.81 bits per heavy atom. The van der Waals surface area contributed by atoms with Gasteiger partial charge in [0, 0.05) is 31.5 Å². The molecular weight excluding hydrogens is 378 g/mol. The van der Waals surface area contributed by atoms with Crippen LogP contribution in [0.15, 0.2) is 35.5 Å². The van der Waals surface area contributed by atoms with Crippen molar-refractivity contribution >= 4 is 21.5 Å². The summed E-state index contributed by atoms with van der Waals surface area (Å²) in [6.45, 7) is 2.78. The van der Waals surface area contributed by atoms with E-state index in [0.717, 1.165) is 18.0 Å². The third-order valence-electron chi connectivity index (χ3n) is 4.49. The molecule has 1 atom stereocenters. The van der Waals surface area contributed by atoms with Crippen LogP contribution in [-0.4, -0.2) is 47.1 Å². The number of benzene rings is 1. The highest BCUT2D eigenvalue weighted by Gasteiger charge is 2.30. The molecule has 8 nitrogen and oxygen atoms in total. The smallest absolute Gasteiger partial charge is 0.240 e. The Bertz CT molecular complexity index is 1120. The first-order valence-electron chi connectivity index (χ1n) is 8.24. The molecule has 0 saturated carbocycles. The minimum absolute atomic E-state index is 0.312. The van der Waals surface area contributed by atoms with Gasteiger partial charge in [0.25, 0.3) is 0 Å². The van der Waals surface area contributed by atoms with Gasteiger partial charge in [-0.05, 0) is 31.5 Å². The van der Waals surface area contributed by atoms with Crippen molar-refractivity contribution in [2.45, 2.75) is 24.3 Å². The molecule has 0 bridgehead atoms. The first kappa shape index (κ1) is 17.7. The van der Waals surface area contributed by atoms with Gasteiger partial charge in [-0.15, -0.1) is 10.2 Å². The number of nitrogens with one attached hydrogen (secondary N) is 1. The fourth-order valence-electron chi connectivity index (χ4n) is 3.13. The van der Waals surface area contributed by atoms with Crippen LogP contribution in [0.5, 0.6) is 0 Å². The Labute approximate surface area is 153 Å². The van der Waals surface area contributed by atoms with Crippen molar-refractivity contribution in [2.24, 2.45) is 0 Å². The van der Waals surface area contributed by atoms with E-state index in [9.17, 15) is 17.2 Å². The van der Waals surface area contributed by atoms with Crippen LogP contribution in [0.4, 0.5) is 14.6 Å². The van der Waals surface area contributed by atoms with Crippen molar-refractivity contribution in [3.63, 3.8) is 0 Å². The molecule has 1 aliphatic heterocycles. The van der Waals surface area contributed by atoms with Crippen LogP contribution in [0.3, 0.4) is 0 Å². The Kier molecular flexibility index (Phi) is 4.27. The number of rotatable bonds is 4. The van der Waals surface area contributed by atoms with Gasteiger partial charge in [-0.3, -0.25) is 4.40 Å². The van der Waals surface area contributed by atoms with E-state index in [1.165, 1.54) is 0 Å². The second-order valence-electron chi connectivity index (χ2n) is 6.32. The minimum atomic E-state index is -3.96. The first-order valence-corrected chi connectivity index (χ1v) is 9.72. The summed E-state index contributed by atoms with van der Waals surface area (Å²) in [6, 6.07) is 2.11. The minimum Gasteiger partial charge on any atom is -0.352 e. The molecule has 2 aromatic heterocycles. The fraction of sp³-hybridized carbons (Fsp3) is 0.312. The lowest BCUT2D eigenvalue weighted by Crippen LogP contribution is -2.37. The monoisotopic (exact) mass is 394 g/mol. The van der Waals surface area contributed by atoms with Gasteiger partial charge in [0.2, 0.25) is 15.7 Å². The maximum atomic E-state index is 13.4. The molecule has 0 amide bonds. The van der Waals surface area contributed by atoms with Crippen molar-refractivity contribution in [3.8, 4) is 0 Å². The Morgan fingerprint density at radius 2 is 2.04 bits per heavy atom. The molecule has 3 aromatic rings. The molecule has 142 valence electrons. The van der Waals surface area contributed by atoms with Crippen LogP contribution in [-0.2, 0) is 10.0 Å². The zero-order valence-corrected chi connectivity index (χ0v) is 15.1. The standard InChI is InChI=1S/C16H16F2N6O2S/c1-10-20-21-16-15(19-5-7-24(10)16)23-6-4-11(9-23)22-27(25,26)12-2-3-13(17)14(18)8-12/h2-3,5,7-8,11,22H,4,6,9H2,1H3. The molecule has 0 radical (unpaired) electrons. The fourth-order valence-corrected chi connectivity index (χ4v) is 4.41. The first-order chi connectivity index (χ1) is 12.8. The summed E-state index contributed by atoms with van der Waals surface area (Å²) in [5.74, 6) is -0.955. The number of hydrogen-bond acceptors (Lipinski definition) is 6. The van der Waals surface area contributed by atoms with E-state index < -0.39 is 27.7 Å². The second kappa shape index (κ2) is 6.50. The Balaban J connectivity index is 1.53. The molecule has 1 N–H and O–H groups in total. The largest absolute Gasteiger partial charge is 0.352 e. The lowest BCUT2D eigenvalue weighted by Gasteiger charge is -2.18. The number of fused-ring (bicyclic) bond motifs is 1. The van der Waals surface area contributed by atoms with Crippen molar-refractivity contribution in [2.75, 3.05) is 18.0 Å². The van der Waals surface area contributed by atoms with Crippen LogP contribution >= 0.6 is 0 Å². The van der Waals surface area contributed by atoms with Crippen molar-refractivity contribution in [1.82, 2.24) is 24.3 Å². The average molecular weight is 394 g/mol. The average Bonchev–Trinajstić information content (AvgIpc) is 3.24. The zero-order valence-electron chi connectivity index (χ0n) is 14.3. The maximum absolute atomic E-state index is 13.4. The molecule has 1 aromatic carbocycles. The predicted molar refractivity (Wildman–Crippen MR) is 92.8 cm³/mol. The number of anilines is 1. The summed E-state index contributed by atoms with van der Waals surface area (Å²) < 4.78 is 55.6. The molecular formula is C16H16F2N6O2S. The van der Waals surface area contributed by atoms with Gasteiger partial charge in [-0.25, -0.2) is 26.9 Å². The van der Waals surface area contributed by atoms with E-state index in [1.807, 2.05) is 11.8 Å². The zero-order chi connectivity index (χ0) is 19.2. The normalized spacial score (nSPS) is 17.7. The number of hydrogen-bond donors (Lipinski definition) is 1. The van der Waals surface area contributed by atoms with Crippen LogP contribution < -0.4 is 9.62 Å². The Morgan fingerprint density at radius 1 is 1.22 bits per heavy atom. The summed E-state index contributed by atoms with van der Waals surface area (Å²) in [6.07, 6.45) is 3.93. The van der Waals surface area contributed by atoms with Crippen LogP contribution in [0.25, 0.3) is 5.65 Å². The predicted octanol–water partition coefficient (Wildman–Crippen LogP) is 1.27. The Hall–Kier alpha value is -2.66. The number of aromatic nitrogens is 4. The van der Waals surface area contributed by atoms with Crippen LogP contribution in [0, 0.1) is 18.6 Å². The van der Waals surface area contributed by atoms with Gasteiger partial charge in [-0.1, -0.05) is 0 Å². The third kappa shape index (κ3) is 3.23. The summed E-state index contributed by atoms with van der Waals surface area (Å²) in [5.41, 5.74) is 0.596. The van der Waals surface area contributed by atoms with Crippen molar-refractivity contribution < 1.29 is 17.2 Å². The van der Waals surface area contributed by atoms with Gasteiger partial charge in [0.1, 0.15) is 5.82 Å². The number of halogens is 2. The van der Waals surface area contributed by atoms with Crippen molar-refractivity contribution in [3.05, 3.63) is 48.1 Å². The highest BCUT2D eigenvalue weighted by atomic mass is 32.2. The topological polar surface area (TPSA) is 92.5 Å². The van der Waals surface area contributed by atoms with E-state index in [0.29, 0.717) is 37.0 Å². The molecule has 11 heteroatoms. The van der Waals surface area contributed by atoms with Gasteiger partial charge in [0.05, 0.1) is 4.90 Å².